The Morgan fingerprint density at radius 2 is 1.73 bits per heavy atom. The van der Waals surface area contributed by atoms with E-state index < -0.39 is 0 Å². The smallest absolute Gasteiger partial charge is 0.161 e. The molecule has 0 aliphatic carbocycles. The molecule has 0 saturated heterocycles. The molecule has 4 aromatic rings. The van der Waals surface area contributed by atoms with Crippen molar-refractivity contribution >= 4 is 10.9 Å². The summed E-state index contributed by atoms with van der Waals surface area (Å²) in [4.78, 5) is 13.5. The normalized spacial score (nSPS) is 11.0. The number of para-hydroxylation sites is 2. The first-order chi connectivity index (χ1) is 10.8. The number of rotatable bonds is 2. The second-order valence-electron chi connectivity index (χ2n) is 5.11. The first kappa shape index (κ1) is 12.7. The van der Waals surface area contributed by atoms with Crippen LogP contribution in [0.1, 0.15) is 5.82 Å². The van der Waals surface area contributed by atoms with E-state index in [2.05, 4.69) is 16.0 Å². The molecular weight excluding hydrogens is 272 g/mol. The Kier molecular flexibility index (Phi) is 2.93. The van der Waals surface area contributed by atoms with Gasteiger partial charge in [0.15, 0.2) is 5.82 Å². The first-order valence-corrected chi connectivity index (χ1v) is 7.14. The minimum atomic E-state index is 0.724. The number of nitrogens with zero attached hydrogens (tertiary/aromatic N) is 4. The minimum absolute atomic E-state index is 0.724. The van der Waals surface area contributed by atoms with Crippen molar-refractivity contribution in [3.8, 4) is 17.1 Å². The van der Waals surface area contributed by atoms with Crippen LogP contribution in [0.4, 0.5) is 0 Å². The highest BCUT2D eigenvalue weighted by Gasteiger charge is 2.11. The quantitative estimate of drug-likeness (QED) is 0.563. The number of imidazole rings is 1. The van der Waals surface area contributed by atoms with Crippen molar-refractivity contribution in [3.63, 3.8) is 0 Å². The topological polar surface area (TPSA) is 43.6 Å². The molecule has 2 heterocycles. The minimum Gasteiger partial charge on any atom is -0.303 e. The number of benzene rings is 2. The monoisotopic (exact) mass is 286 g/mol. The molecule has 0 aliphatic heterocycles. The molecule has 4 rings (SSSR count). The zero-order valence-electron chi connectivity index (χ0n) is 12.1. The molecule has 0 fully saturated rings. The number of aromatic nitrogens is 4. The number of hydrogen-bond donors (Lipinski definition) is 0. The number of fused-ring (bicyclic) bond motifs is 1. The van der Waals surface area contributed by atoms with E-state index in [1.54, 1.807) is 6.20 Å². The van der Waals surface area contributed by atoms with Crippen LogP contribution in [0.5, 0.6) is 0 Å². The van der Waals surface area contributed by atoms with Gasteiger partial charge in [0.05, 0.1) is 11.2 Å². The van der Waals surface area contributed by atoms with Crippen LogP contribution in [0.25, 0.3) is 28.0 Å². The lowest BCUT2D eigenvalue weighted by Gasteiger charge is -2.11. The van der Waals surface area contributed by atoms with Crippen LogP contribution in [-0.2, 0) is 0 Å². The van der Waals surface area contributed by atoms with Crippen LogP contribution < -0.4 is 0 Å². The molecule has 0 radical (unpaired) electrons. The van der Waals surface area contributed by atoms with E-state index in [0.29, 0.717) is 0 Å². The van der Waals surface area contributed by atoms with Gasteiger partial charge in [-0.3, -0.25) is 0 Å². The van der Waals surface area contributed by atoms with Gasteiger partial charge >= 0.3 is 0 Å². The van der Waals surface area contributed by atoms with Gasteiger partial charge in [0.25, 0.3) is 0 Å². The summed E-state index contributed by atoms with van der Waals surface area (Å²) in [7, 11) is 0. The van der Waals surface area contributed by atoms with E-state index in [1.807, 2.05) is 66.3 Å². The fourth-order valence-electron chi connectivity index (χ4n) is 2.61. The summed E-state index contributed by atoms with van der Waals surface area (Å²) >= 11 is 0. The van der Waals surface area contributed by atoms with E-state index in [1.165, 1.54) is 0 Å². The van der Waals surface area contributed by atoms with Crippen LogP contribution in [0.3, 0.4) is 0 Å². The molecule has 0 saturated carbocycles. The second kappa shape index (κ2) is 5.07. The van der Waals surface area contributed by atoms with Gasteiger partial charge in [-0.15, -0.1) is 0 Å². The predicted octanol–water partition coefficient (Wildman–Crippen LogP) is 3.79. The van der Waals surface area contributed by atoms with E-state index in [9.17, 15) is 0 Å². The molecule has 0 amide bonds. The molecule has 2 aromatic heterocycles. The third-order valence-corrected chi connectivity index (χ3v) is 3.72. The van der Waals surface area contributed by atoms with Crippen LogP contribution in [0, 0.1) is 6.92 Å². The third-order valence-electron chi connectivity index (χ3n) is 3.72. The van der Waals surface area contributed by atoms with Gasteiger partial charge in [-0.1, -0.05) is 30.3 Å². The van der Waals surface area contributed by atoms with Gasteiger partial charge < -0.3 is 4.57 Å². The maximum Gasteiger partial charge on any atom is 0.161 e. The summed E-state index contributed by atoms with van der Waals surface area (Å²) in [6.45, 7) is 1.98. The zero-order chi connectivity index (χ0) is 14.9. The lowest BCUT2D eigenvalue weighted by Crippen LogP contribution is -2.00. The van der Waals surface area contributed by atoms with Crippen molar-refractivity contribution in [3.05, 3.63) is 72.9 Å². The summed E-state index contributed by atoms with van der Waals surface area (Å²) in [6.07, 6.45) is 5.62. The summed E-state index contributed by atoms with van der Waals surface area (Å²) in [5.41, 5.74) is 2.98. The van der Waals surface area contributed by atoms with Gasteiger partial charge in [0.1, 0.15) is 5.82 Å². The molecule has 106 valence electrons. The van der Waals surface area contributed by atoms with Crippen molar-refractivity contribution in [2.75, 3.05) is 0 Å². The van der Waals surface area contributed by atoms with Crippen molar-refractivity contribution in [2.45, 2.75) is 6.92 Å². The molecule has 4 heteroatoms. The van der Waals surface area contributed by atoms with Crippen LogP contribution in [0.15, 0.2) is 67.1 Å². The maximum atomic E-state index is 4.70. The van der Waals surface area contributed by atoms with Crippen molar-refractivity contribution < 1.29 is 0 Å². The number of aryl methyl sites for hydroxylation is 1. The van der Waals surface area contributed by atoms with Crippen LogP contribution in [0.2, 0.25) is 0 Å². The van der Waals surface area contributed by atoms with Gasteiger partial charge in [0.2, 0.25) is 0 Å². The molecule has 0 aliphatic rings. The molecule has 0 atom stereocenters. The van der Waals surface area contributed by atoms with Gasteiger partial charge in [-0.25, -0.2) is 15.0 Å². The average molecular weight is 286 g/mol. The molecule has 0 bridgehead atoms. The molecule has 4 nitrogen and oxygen atoms in total. The second-order valence-corrected chi connectivity index (χ2v) is 5.11. The van der Waals surface area contributed by atoms with E-state index in [-0.39, 0.29) is 0 Å². The summed E-state index contributed by atoms with van der Waals surface area (Å²) < 4.78 is 2.05. The van der Waals surface area contributed by atoms with Crippen molar-refractivity contribution in [1.29, 1.82) is 0 Å². The molecular formula is C18H14N4. The van der Waals surface area contributed by atoms with Crippen molar-refractivity contribution in [2.24, 2.45) is 0 Å². The maximum absolute atomic E-state index is 4.70. The Hall–Kier alpha value is -3.01. The van der Waals surface area contributed by atoms with E-state index in [0.717, 1.165) is 33.8 Å². The molecule has 0 unspecified atom stereocenters. The molecule has 0 N–H and O–H groups in total. The highest BCUT2D eigenvalue weighted by atomic mass is 15.1. The summed E-state index contributed by atoms with van der Waals surface area (Å²) in [5, 5.41) is 1.04. The SMILES string of the molecule is Cc1nccn1-c1ccccc1-c1ncc2ccccc2n1. The zero-order valence-corrected chi connectivity index (χ0v) is 12.1. The Balaban J connectivity index is 1.93. The number of hydrogen-bond acceptors (Lipinski definition) is 3. The van der Waals surface area contributed by atoms with Gasteiger partial charge in [-0.05, 0) is 25.1 Å². The Morgan fingerprint density at radius 1 is 0.909 bits per heavy atom. The van der Waals surface area contributed by atoms with Crippen molar-refractivity contribution in [1.82, 2.24) is 19.5 Å². The lowest BCUT2D eigenvalue weighted by atomic mass is 10.1. The Bertz CT molecular complexity index is 956. The van der Waals surface area contributed by atoms with Gasteiger partial charge in [0, 0.05) is 29.5 Å². The highest BCUT2D eigenvalue weighted by Crippen LogP contribution is 2.25. The largest absolute Gasteiger partial charge is 0.303 e. The summed E-state index contributed by atoms with van der Waals surface area (Å²) in [5.74, 6) is 1.66. The molecule has 2 aromatic carbocycles. The van der Waals surface area contributed by atoms with Crippen LogP contribution in [-0.4, -0.2) is 19.5 Å². The first-order valence-electron chi connectivity index (χ1n) is 7.14. The Labute approximate surface area is 128 Å². The third kappa shape index (κ3) is 2.05. The van der Waals surface area contributed by atoms with Gasteiger partial charge in [-0.2, -0.15) is 0 Å². The van der Waals surface area contributed by atoms with E-state index in [4.69, 9.17) is 4.98 Å². The average Bonchev–Trinajstić information content (AvgIpc) is 3.00. The van der Waals surface area contributed by atoms with E-state index >= 15 is 0 Å². The predicted molar refractivity (Wildman–Crippen MR) is 86.8 cm³/mol. The molecule has 0 spiro atoms. The summed E-state index contributed by atoms with van der Waals surface area (Å²) in [6, 6.07) is 16.1. The Morgan fingerprint density at radius 3 is 2.59 bits per heavy atom. The van der Waals surface area contributed by atoms with Crippen LogP contribution >= 0.6 is 0 Å². The highest BCUT2D eigenvalue weighted by molar-refractivity contribution is 5.80. The standard InChI is InChI=1S/C18H14N4/c1-13-19-10-11-22(13)17-9-5-3-7-15(17)18-20-12-14-6-2-4-8-16(14)21-18/h2-12H,1H3. The molecule has 22 heavy (non-hydrogen) atoms. The fourth-order valence-corrected chi connectivity index (χ4v) is 2.61. The fraction of sp³-hybridized carbons (Fsp3) is 0.0556. The lowest BCUT2D eigenvalue weighted by molar-refractivity contribution is 0.973.